The van der Waals surface area contributed by atoms with Crippen LogP contribution in [0.25, 0.3) is 86.3 Å². The summed E-state index contributed by atoms with van der Waals surface area (Å²) in [6, 6.07) is 72.2. The Kier molecular flexibility index (Phi) is 7.39. The van der Waals surface area contributed by atoms with Crippen LogP contribution in [-0.2, 0) is 0 Å². The number of para-hydroxylation sites is 4. The number of rotatable bonds is 6. The van der Waals surface area contributed by atoms with E-state index in [0.717, 1.165) is 50.1 Å². The van der Waals surface area contributed by atoms with Crippen LogP contribution in [0.5, 0.6) is 0 Å². The Morgan fingerprint density at radius 1 is 0.382 bits per heavy atom. The van der Waals surface area contributed by atoms with Crippen molar-refractivity contribution < 1.29 is 4.42 Å². The number of hydrogen-bond donors (Lipinski definition) is 0. The third-order valence-corrected chi connectivity index (χ3v) is 12.1. The molecule has 0 fully saturated rings. The highest BCUT2D eigenvalue weighted by atomic mass is 32.1. The van der Waals surface area contributed by atoms with Crippen molar-refractivity contribution in [2.75, 3.05) is 4.90 Å². The molecule has 9 aromatic carbocycles. The van der Waals surface area contributed by atoms with Crippen molar-refractivity contribution in [2.24, 2.45) is 0 Å². The maximum Gasteiger partial charge on any atom is 0.143 e. The van der Waals surface area contributed by atoms with Crippen LogP contribution in [0.15, 0.2) is 205 Å². The highest BCUT2D eigenvalue weighted by Gasteiger charge is 2.22. The lowest BCUT2D eigenvalue weighted by Crippen LogP contribution is -2.12. The Labute approximate surface area is 322 Å². The summed E-state index contributed by atoms with van der Waals surface area (Å²) in [6.45, 7) is 0. The van der Waals surface area contributed by atoms with E-state index in [4.69, 9.17) is 4.42 Å². The van der Waals surface area contributed by atoms with E-state index in [9.17, 15) is 0 Å². The first-order chi connectivity index (χ1) is 27.3. The molecule has 55 heavy (non-hydrogen) atoms. The molecule has 0 aliphatic rings. The van der Waals surface area contributed by atoms with E-state index < -0.39 is 0 Å². The second-order valence-corrected chi connectivity index (χ2v) is 15.1. The summed E-state index contributed by atoms with van der Waals surface area (Å²) in [5.74, 6) is 0. The van der Waals surface area contributed by atoms with E-state index in [0.29, 0.717) is 0 Å². The van der Waals surface area contributed by atoms with Crippen LogP contribution in [0.3, 0.4) is 0 Å². The molecule has 0 aliphatic heterocycles. The van der Waals surface area contributed by atoms with Gasteiger partial charge in [0.1, 0.15) is 11.2 Å². The lowest BCUT2D eigenvalue weighted by molar-refractivity contribution is 0.670. The Hall–Kier alpha value is -6.94. The van der Waals surface area contributed by atoms with Crippen molar-refractivity contribution in [3.63, 3.8) is 0 Å². The molecule has 2 heterocycles. The largest absolute Gasteiger partial charge is 0.455 e. The molecule has 0 radical (unpaired) electrons. The molecule has 0 atom stereocenters. The molecular formula is C52H33NOS. The standard InChI is InChI=1S/C52H33NOS/c1-2-14-36-33-37(28-27-34(36)13-1)39-15-3-7-23-47(39)53(38-31-29-35(30-32-38)40-19-11-20-44-42-17-5-9-25-49(42)54-51(40)44)48-24-8-4-16-41(48)45-21-12-22-46-43-18-6-10-26-50(43)55-52(45)46/h1-33H. The molecule has 0 bridgehead atoms. The number of benzene rings is 9. The van der Waals surface area contributed by atoms with Gasteiger partial charge in [-0.2, -0.15) is 0 Å². The number of furan rings is 1. The number of nitrogens with zero attached hydrogens (tertiary/aromatic N) is 1. The number of anilines is 3. The molecule has 2 nitrogen and oxygen atoms in total. The molecule has 0 amide bonds. The van der Waals surface area contributed by atoms with Crippen LogP contribution in [0, 0.1) is 0 Å². The Morgan fingerprint density at radius 3 is 1.84 bits per heavy atom. The Balaban J connectivity index is 1.12. The summed E-state index contributed by atoms with van der Waals surface area (Å²) in [7, 11) is 0. The molecule has 0 unspecified atom stereocenters. The highest BCUT2D eigenvalue weighted by Crippen LogP contribution is 2.48. The lowest BCUT2D eigenvalue weighted by atomic mass is 9.96. The summed E-state index contributed by atoms with van der Waals surface area (Å²) >= 11 is 1.87. The summed E-state index contributed by atoms with van der Waals surface area (Å²) in [6.07, 6.45) is 0. The van der Waals surface area contributed by atoms with Crippen LogP contribution in [-0.4, -0.2) is 0 Å². The van der Waals surface area contributed by atoms with Gasteiger partial charge in [0.15, 0.2) is 0 Å². The molecule has 0 aliphatic carbocycles. The van der Waals surface area contributed by atoms with Crippen molar-refractivity contribution in [3.05, 3.63) is 200 Å². The number of thiophene rings is 1. The fourth-order valence-electron chi connectivity index (χ4n) is 8.30. The van der Waals surface area contributed by atoms with Crippen molar-refractivity contribution >= 4 is 81.3 Å². The molecule has 258 valence electrons. The van der Waals surface area contributed by atoms with Gasteiger partial charge in [-0.15, -0.1) is 11.3 Å². The quantitative estimate of drug-likeness (QED) is 0.170. The monoisotopic (exact) mass is 719 g/mol. The smallest absolute Gasteiger partial charge is 0.143 e. The molecule has 0 saturated heterocycles. The zero-order valence-corrected chi connectivity index (χ0v) is 30.6. The first-order valence-electron chi connectivity index (χ1n) is 18.7. The second-order valence-electron chi connectivity index (χ2n) is 14.0. The third kappa shape index (κ3) is 5.24. The minimum Gasteiger partial charge on any atom is -0.455 e. The molecule has 3 heteroatoms. The summed E-state index contributed by atoms with van der Waals surface area (Å²) in [4.78, 5) is 2.44. The predicted molar refractivity (Wildman–Crippen MR) is 235 cm³/mol. The minimum absolute atomic E-state index is 0.906. The maximum atomic E-state index is 6.46. The Morgan fingerprint density at radius 2 is 0.982 bits per heavy atom. The van der Waals surface area contributed by atoms with Crippen LogP contribution in [0.1, 0.15) is 0 Å². The van der Waals surface area contributed by atoms with Crippen LogP contribution in [0.4, 0.5) is 17.1 Å². The van der Waals surface area contributed by atoms with Gasteiger partial charge in [-0.1, -0.05) is 158 Å². The van der Waals surface area contributed by atoms with Crippen LogP contribution < -0.4 is 4.90 Å². The Bertz CT molecular complexity index is 3220. The van der Waals surface area contributed by atoms with Gasteiger partial charge < -0.3 is 9.32 Å². The SMILES string of the molecule is c1ccc(N(c2ccc(-c3cccc4c3oc3ccccc34)cc2)c2ccccc2-c2cccc3c2sc2ccccc23)c(-c2ccc3ccccc3c2)c1. The molecule has 11 aromatic rings. The van der Waals surface area contributed by atoms with E-state index in [1.54, 1.807) is 0 Å². The minimum atomic E-state index is 0.906. The van der Waals surface area contributed by atoms with Crippen LogP contribution >= 0.6 is 11.3 Å². The zero-order valence-electron chi connectivity index (χ0n) is 29.8. The lowest BCUT2D eigenvalue weighted by Gasteiger charge is -2.30. The summed E-state index contributed by atoms with van der Waals surface area (Å²) in [5.41, 5.74) is 12.1. The van der Waals surface area contributed by atoms with Gasteiger partial charge in [0.05, 0.1) is 11.4 Å². The van der Waals surface area contributed by atoms with Crippen LogP contribution in [0.2, 0.25) is 0 Å². The average molecular weight is 720 g/mol. The third-order valence-electron chi connectivity index (χ3n) is 10.9. The van der Waals surface area contributed by atoms with Crippen molar-refractivity contribution in [2.45, 2.75) is 0 Å². The van der Waals surface area contributed by atoms with Gasteiger partial charge in [0, 0.05) is 58.9 Å². The summed E-state index contributed by atoms with van der Waals surface area (Å²) in [5, 5.41) is 7.32. The van der Waals surface area contributed by atoms with E-state index in [1.807, 2.05) is 23.5 Å². The number of fused-ring (bicyclic) bond motifs is 7. The molecule has 11 rings (SSSR count). The fraction of sp³-hybridized carbons (Fsp3) is 0. The highest BCUT2D eigenvalue weighted by molar-refractivity contribution is 7.26. The first-order valence-corrected chi connectivity index (χ1v) is 19.5. The predicted octanol–water partition coefficient (Wildman–Crippen LogP) is 15.6. The van der Waals surface area contributed by atoms with E-state index in [1.165, 1.54) is 53.2 Å². The van der Waals surface area contributed by atoms with E-state index in [2.05, 4.69) is 193 Å². The van der Waals surface area contributed by atoms with Gasteiger partial charge >= 0.3 is 0 Å². The molecule has 0 saturated carbocycles. The topological polar surface area (TPSA) is 16.4 Å². The van der Waals surface area contributed by atoms with Gasteiger partial charge in [-0.25, -0.2) is 0 Å². The van der Waals surface area contributed by atoms with E-state index in [-0.39, 0.29) is 0 Å². The van der Waals surface area contributed by atoms with Crippen molar-refractivity contribution in [3.8, 4) is 33.4 Å². The molecular weight excluding hydrogens is 687 g/mol. The first kappa shape index (κ1) is 31.6. The number of hydrogen-bond acceptors (Lipinski definition) is 3. The average Bonchev–Trinajstić information content (AvgIpc) is 3.83. The second kappa shape index (κ2) is 12.9. The van der Waals surface area contributed by atoms with E-state index >= 15 is 0 Å². The molecule has 2 aromatic heterocycles. The molecule has 0 N–H and O–H groups in total. The fourth-order valence-corrected chi connectivity index (χ4v) is 9.53. The van der Waals surface area contributed by atoms with Crippen molar-refractivity contribution in [1.29, 1.82) is 0 Å². The zero-order chi connectivity index (χ0) is 36.3. The van der Waals surface area contributed by atoms with Crippen molar-refractivity contribution in [1.82, 2.24) is 0 Å². The van der Waals surface area contributed by atoms with Gasteiger partial charge in [-0.3, -0.25) is 0 Å². The maximum absolute atomic E-state index is 6.46. The summed E-state index contributed by atoms with van der Waals surface area (Å²) < 4.78 is 9.06. The normalized spacial score (nSPS) is 11.6. The van der Waals surface area contributed by atoms with Gasteiger partial charge in [-0.05, 0) is 64.4 Å². The van der Waals surface area contributed by atoms with Gasteiger partial charge in [0.2, 0.25) is 0 Å². The molecule has 0 spiro atoms. The van der Waals surface area contributed by atoms with Gasteiger partial charge in [0.25, 0.3) is 0 Å².